The normalized spacial score (nSPS) is 33.9. The molecule has 14 heavy (non-hydrogen) atoms. The van der Waals surface area contributed by atoms with E-state index in [2.05, 4.69) is 27.4 Å². The standard InChI is InChI=1S/C10H14N2O2/c1-14-10(13)12-11-6-9-5-7-2-3-8(9)4-7/h2-3,6-9H,4-5H2,1H3,(H,12,13)/b11-6+. The van der Waals surface area contributed by atoms with Crippen molar-refractivity contribution in [3.05, 3.63) is 12.2 Å². The Hall–Kier alpha value is -1.32. The molecule has 0 spiro atoms. The average Bonchev–Trinajstić information content (AvgIpc) is 2.79. The first kappa shape index (κ1) is 9.24. The van der Waals surface area contributed by atoms with Gasteiger partial charge in [0.05, 0.1) is 7.11 Å². The Labute approximate surface area is 83.0 Å². The number of rotatable bonds is 2. The van der Waals surface area contributed by atoms with Gasteiger partial charge in [-0.3, -0.25) is 0 Å². The van der Waals surface area contributed by atoms with E-state index in [0.29, 0.717) is 11.8 Å². The lowest BCUT2D eigenvalue weighted by Crippen LogP contribution is -2.18. The highest BCUT2D eigenvalue weighted by molar-refractivity contribution is 5.70. The van der Waals surface area contributed by atoms with Crippen molar-refractivity contribution in [1.82, 2.24) is 5.43 Å². The fourth-order valence-corrected chi connectivity index (χ4v) is 2.23. The molecule has 1 N–H and O–H groups in total. The van der Waals surface area contributed by atoms with Gasteiger partial charge in [0.2, 0.25) is 0 Å². The summed E-state index contributed by atoms with van der Waals surface area (Å²) in [7, 11) is 1.32. The third-order valence-corrected chi connectivity index (χ3v) is 2.94. The molecular formula is C10H14N2O2. The van der Waals surface area contributed by atoms with Gasteiger partial charge in [-0.1, -0.05) is 12.2 Å². The number of hydrogen-bond acceptors (Lipinski definition) is 3. The van der Waals surface area contributed by atoms with E-state index in [4.69, 9.17) is 0 Å². The highest BCUT2D eigenvalue weighted by Gasteiger charge is 2.34. The minimum atomic E-state index is -0.514. The first-order chi connectivity index (χ1) is 6.79. The highest BCUT2D eigenvalue weighted by atomic mass is 16.5. The van der Waals surface area contributed by atoms with E-state index in [0.717, 1.165) is 12.3 Å². The number of nitrogens with one attached hydrogen (secondary N) is 1. The van der Waals surface area contributed by atoms with Gasteiger partial charge in [-0.15, -0.1) is 0 Å². The first-order valence-electron chi connectivity index (χ1n) is 4.85. The lowest BCUT2D eigenvalue weighted by molar-refractivity contribution is 0.171. The molecule has 0 aromatic heterocycles. The summed E-state index contributed by atoms with van der Waals surface area (Å²) >= 11 is 0. The Kier molecular flexibility index (Phi) is 2.52. The second-order valence-electron chi connectivity index (χ2n) is 3.83. The fraction of sp³-hybridized carbons (Fsp3) is 0.600. The summed E-state index contributed by atoms with van der Waals surface area (Å²) in [5.41, 5.74) is 2.30. The Morgan fingerprint density at radius 2 is 2.43 bits per heavy atom. The molecule has 3 unspecified atom stereocenters. The van der Waals surface area contributed by atoms with Crippen LogP contribution in [0.25, 0.3) is 0 Å². The van der Waals surface area contributed by atoms with Crippen molar-refractivity contribution >= 4 is 12.3 Å². The molecule has 2 bridgehead atoms. The molecule has 4 heteroatoms. The van der Waals surface area contributed by atoms with E-state index in [1.54, 1.807) is 0 Å². The van der Waals surface area contributed by atoms with E-state index in [-0.39, 0.29) is 0 Å². The van der Waals surface area contributed by atoms with Gasteiger partial charge in [0.25, 0.3) is 0 Å². The highest BCUT2D eigenvalue weighted by Crippen LogP contribution is 2.42. The molecule has 3 atom stereocenters. The molecule has 0 aromatic rings. The quantitative estimate of drug-likeness (QED) is 0.412. The summed E-state index contributed by atoms with van der Waals surface area (Å²) in [5, 5.41) is 3.86. The molecule has 0 aliphatic heterocycles. The third-order valence-electron chi connectivity index (χ3n) is 2.94. The topological polar surface area (TPSA) is 50.7 Å². The van der Waals surface area contributed by atoms with Crippen LogP contribution in [0.3, 0.4) is 0 Å². The first-order valence-corrected chi connectivity index (χ1v) is 4.85. The van der Waals surface area contributed by atoms with E-state index in [1.165, 1.54) is 13.5 Å². The van der Waals surface area contributed by atoms with Crippen molar-refractivity contribution in [2.45, 2.75) is 12.8 Å². The molecule has 1 fully saturated rings. The minimum absolute atomic E-state index is 0.488. The molecule has 1 amide bonds. The Bertz CT molecular complexity index is 286. The van der Waals surface area contributed by atoms with Crippen LogP contribution in [0.15, 0.2) is 17.3 Å². The maximum atomic E-state index is 10.7. The lowest BCUT2D eigenvalue weighted by atomic mass is 9.95. The van der Waals surface area contributed by atoms with Crippen LogP contribution in [0.5, 0.6) is 0 Å². The predicted octanol–water partition coefficient (Wildman–Crippen LogP) is 1.54. The second kappa shape index (κ2) is 3.82. The average molecular weight is 194 g/mol. The number of methoxy groups -OCH3 is 1. The number of amides is 1. The maximum absolute atomic E-state index is 10.7. The van der Waals surface area contributed by atoms with Gasteiger partial charge in [-0.25, -0.2) is 10.2 Å². The maximum Gasteiger partial charge on any atom is 0.427 e. The number of fused-ring (bicyclic) bond motifs is 2. The number of carbonyl (C=O) groups is 1. The van der Waals surface area contributed by atoms with Crippen LogP contribution < -0.4 is 5.43 Å². The minimum Gasteiger partial charge on any atom is -0.452 e. The molecule has 4 nitrogen and oxygen atoms in total. The zero-order valence-electron chi connectivity index (χ0n) is 8.14. The monoisotopic (exact) mass is 194 g/mol. The summed E-state index contributed by atoms with van der Waals surface area (Å²) in [5.74, 6) is 1.85. The third kappa shape index (κ3) is 1.78. The largest absolute Gasteiger partial charge is 0.452 e. The van der Waals surface area contributed by atoms with Crippen molar-refractivity contribution in [1.29, 1.82) is 0 Å². The number of hydrazone groups is 1. The molecule has 0 aromatic carbocycles. The van der Waals surface area contributed by atoms with Gasteiger partial charge >= 0.3 is 6.09 Å². The van der Waals surface area contributed by atoms with E-state index in [9.17, 15) is 4.79 Å². The SMILES string of the molecule is COC(=O)N/N=C/C1CC2C=CC1C2. The van der Waals surface area contributed by atoms with E-state index in [1.807, 2.05) is 6.21 Å². The molecule has 0 radical (unpaired) electrons. The molecule has 0 heterocycles. The van der Waals surface area contributed by atoms with Gasteiger partial charge in [0, 0.05) is 12.1 Å². The van der Waals surface area contributed by atoms with Crippen LogP contribution in [0.4, 0.5) is 4.79 Å². The molecule has 2 rings (SSSR count). The van der Waals surface area contributed by atoms with Crippen LogP contribution in [-0.4, -0.2) is 19.4 Å². The van der Waals surface area contributed by atoms with E-state index < -0.39 is 6.09 Å². The Morgan fingerprint density at radius 1 is 1.57 bits per heavy atom. The van der Waals surface area contributed by atoms with Gasteiger partial charge in [-0.05, 0) is 24.7 Å². The van der Waals surface area contributed by atoms with Crippen molar-refractivity contribution in [3.8, 4) is 0 Å². The van der Waals surface area contributed by atoms with Gasteiger partial charge < -0.3 is 4.74 Å². The summed E-state index contributed by atoms with van der Waals surface area (Å²) in [6.45, 7) is 0. The molecule has 2 aliphatic carbocycles. The van der Waals surface area contributed by atoms with Gasteiger partial charge in [0.1, 0.15) is 0 Å². The predicted molar refractivity (Wildman–Crippen MR) is 52.9 cm³/mol. The summed E-state index contributed by atoms with van der Waals surface area (Å²) in [4.78, 5) is 10.7. The zero-order chi connectivity index (χ0) is 9.97. The molecule has 2 aliphatic rings. The summed E-state index contributed by atoms with van der Waals surface area (Å²) in [6.07, 6.45) is 8.25. The van der Waals surface area contributed by atoms with Crippen LogP contribution >= 0.6 is 0 Å². The Balaban J connectivity index is 1.81. The van der Waals surface area contributed by atoms with Crippen molar-refractivity contribution in [2.24, 2.45) is 22.9 Å². The van der Waals surface area contributed by atoms with Crippen molar-refractivity contribution < 1.29 is 9.53 Å². The number of nitrogens with zero attached hydrogens (tertiary/aromatic N) is 1. The van der Waals surface area contributed by atoms with Crippen LogP contribution in [0.2, 0.25) is 0 Å². The smallest absolute Gasteiger partial charge is 0.427 e. The molecule has 1 saturated carbocycles. The Morgan fingerprint density at radius 3 is 3.00 bits per heavy atom. The molecule has 0 saturated heterocycles. The van der Waals surface area contributed by atoms with Crippen LogP contribution in [-0.2, 0) is 4.74 Å². The zero-order valence-corrected chi connectivity index (χ0v) is 8.14. The fourth-order valence-electron chi connectivity index (χ4n) is 2.23. The number of carbonyl (C=O) groups excluding carboxylic acids is 1. The second-order valence-corrected chi connectivity index (χ2v) is 3.83. The van der Waals surface area contributed by atoms with Crippen LogP contribution in [0.1, 0.15) is 12.8 Å². The number of ether oxygens (including phenoxy) is 1. The van der Waals surface area contributed by atoms with Crippen LogP contribution in [0, 0.1) is 17.8 Å². The molecular weight excluding hydrogens is 180 g/mol. The number of allylic oxidation sites excluding steroid dienone is 2. The molecule has 76 valence electrons. The van der Waals surface area contributed by atoms with Gasteiger partial charge in [0.15, 0.2) is 0 Å². The summed E-state index contributed by atoms with van der Waals surface area (Å²) in [6, 6.07) is 0. The van der Waals surface area contributed by atoms with Gasteiger partial charge in [-0.2, -0.15) is 5.10 Å². The lowest BCUT2D eigenvalue weighted by Gasteiger charge is -2.11. The number of hydrogen-bond donors (Lipinski definition) is 1. The van der Waals surface area contributed by atoms with Crippen molar-refractivity contribution in [3.63, 3.8) is 0 Å². The van der Waals surface area contributed by atoms with E-state index >= 15 is 0 Å². The van der Waals surface area contributed by atoms with Crippen molar-refractivity contribution in [2.75, 3.05) is 7.11 Å². The summed E-state index contributed by atoms with van der Waals surface area (Å²) < 4.78 is 4.40.